The van der Waals surface area contributed by atoms with E-state index in [0.29, 0.717) is 13.0 Å². The van der Waals surface area contributed by atoms with Gasteiger partial charge in [-0.05, 0) is 12.0 Å². The number of halogens is 3. The minimum atomic E-state index is -4.57. The van der Waals surface area contributed by atoms with Gasteiger partial charge >= 0.3 is 6.18 Å². The Hall–Kier alpha value is -2.84. The van der Waals surface area contributed by atoms with Crippen molar-refractivity contribution in [1.29, 1.82) is 0 Å². The topological polar surface area (TPSA) is 78.9 Å². The molecule has 2 rings (SSSR count). The number of carbonyl (C=O) groups excluding carboxylic acids is 1. The average Bonchev–Trinajstić information content (AvgIpc) is 2.59. The smallest absolute Gasteiger partial charge is 0.368 e. The van der Waals surface area contributed by atoms with Crippen LogP contribution in [0.5, 0.6) is 0 Å². The molecule has 0 radical (unpaired) electrons. The molecule has 0 unspecified atom stereocenters. The average molecular weight is 367 g/mol. The summed E-state index contributed by atoms with van der Waals surface area (Å²) in [5.41, 5.74) is 0.148. The van der Waals surface area contributed by atoms with Crippen molar-refractivity contribution < 1.29 is 18.0 Å². The molecule has 0 aliphatic rings. The van der Waals surface area contributed by atoms with Gasteiger partial charge in [-0.15, -0.1) is 0 Å². The van der Waals surface area contributed by atoms with Gasteiger partial charge in [0.15, 0.2) is 0 Å². The van der Waals surface area contributed by atoms with Gasteiger partial charge in [0.2, 0.25) is 11.9 Å². The van der Waals surface area contributed by atoms with Gasteiger partial charge in [0.1, 0.15) is 11.4 Å². The van der Waals surface area contributed by atoms with Crippen LogP contribution in [0.3, 0.4) is 0 Å². The lowest BCUT2D eigenvalue weighted by Crippen LogP contribution is -2.27. The fourth-order valence-corrected chi connectivity index (χ4v) is 2.19. The SMILES string of the molecule is CC(=O)NCCNc1nc(NCCc2ccccc2)ncc1C(F)(F)F. The highest BCUT2D eigenvalue weighted by Gasteiger charge is 2.35. The Kier molecular flexibility index (Phi) is 6.76. The highest BCUT2D eigenvalue weighted by atomic mass is 19.4. The lowest BCUT2D eigenvalue weighted by Gasteiger charge is -2.15. The third kappa shape index (κ3) is 6.23. The van der Waals surface area contributed by atoms with Crippen LogP contribution in [0.15, 0.2) is 36.5 Å². The van der Waals surface area contributed by atoms with E-state index in [1.807, 2.05) is 30.3 Å². The molecule has 0 bridgehead atoms. The number of nitrogens with one attached hydrogen (secondary N) is 3. The van der Waals surface area contributed by atoms with Crippen molar-refractivity contribution in [2.75, 3.05) is 30.3 Å². The Bertz CT molecular complexity index is 722. The van der Waals surface area contributed by atoms with Crippen molar-refractivity contribution in [3.8, 4) is 0 Å². The van der Waals surface area contributed by atoms with Crippen molar-refractivity contribution in [2.45, 2.75) is 19.5 Å². The number of aromatic nitrogens is 2. The molecule has 9 heteroatoms. The molecule has 140 valence electrons. The van der Waals surface area contributed by atoms with Crippen molar-refractivity contribution in [1.82, 2.24) is 15.3 Å². The summed E-state index contributed by atoms with van der Waals surface area (Å²) in [6, 6.07) is 9.67. The normalized spacial score (nSPS) is 11.1. The highest BCUT2D eigenvalue weighted by Crippen LogP contribution is 2.33. The summed E-state index contributed by atoms with van der Waals surface area (Å²) in [5.74, 6) is -0.468. The van der Waals surface area contributed by atoms with Crippen molar-refractivity contribution in [3.05, 3.63) is 47.7 Å². The van der Waals surface area contributed by atoms with Crippen LogP contribution < -0.4 is 16.0 Å². The summed E-state index contributed by atoms with van der Waals surface area (Å²) in [7, 11) is 0. The van der Waals surface area contributed by atoms with E-state index in [1.54, 1.807) is 0 Å². The van der Waals surface area contributed by atoms with Gasteiger partial charge in [-0.1, -0.05) is 30.3 Å². The summed E-state index contributed by atoms with van der Waals surface area (Å²) in [6.45, 7) is 2.12. The number of anilines is 2. The number of alkyl halides is 3. The third-order valence-corrected chi connectivity index (χ3v) is 3.43. The van der Waals surface area contributed by atoms with Crippen LogP contribution in [-0.2, 0) is 17.4 Å². The largest absolute Gasteiger partial charge is 0.421 e. The van der Waals surface area contributed by atoms with Gasteiger partial charge in [0.25, 0.3) is 0 Å². The Morgan fingerprint density at radius 1 is 1.08 bits per heavy atom. The maximum Gasteiger partial charge on any atom is 0.421 e. The molecule has 2 aromatic rings. The fourth-order valence-electron chi connectivity index (χ4n) is 2.19. The molecule has 0 atom stereocenters. The van der Waals surface area contributed by atoms with Gasteiger partial charge in [-0.3, -0.25) is 4.79 Å². The number of hydrogen-bond acceptors (Lipinski definition) is 5. The molecule has 0 fully saturated rings. The lowest BCUT2D eigenvalue weighted by molar-refractivity contribution is -0.137. The molecule has 1 aromatic carbocycles. The fraction of sp³-hybridized carbons (Fsp3) is 0.353. The number of nitrogens with zero attached hydrogens (tertiary/aromatic N) is 2. The maximum atomic E-state index is 13.1. The van der Waals surface area contributed by atoms with Crippen LogP contribution in [-0.4, -0.2) is 35.5 Å². The van der Waals surface area contributed by atoms with E-state index in [1.165, 1.54) is 6.92 Å². The molecular formula is C17H20F3N5O. The van der Waals surface area contributed by atoms with Gasteiger partial charge in [-0.25, -0.2) is 4.98 Å². The quantitative estimate of drug-likeness (QED) is 0.625. The monoisotopic (exact) mass is 367 g/mol. The molecule has 0 aliphatic heterocycles. The maximum absolute atomic E-state index is 13.1. The zero-order valence-electron chi connectivity index (χ0n) is 14.2. The second-order valence-electron chi connectivity index (χ2n) is 5.53. The Morgan fingerprint density at radius 2 is 1.81 bits per heavy atom. The number of carbonyl (C=O) groups is 1. The molecule has 1 heterocycles. The van der Waals surface area contributed by atoms with E-state index in [0.717, 1.165) is 11.8 Å². The van der Waals surface area contributed by atoms with Crippen LogP contribution in [0.1, 0.15) is 18.1 Å². The zero-order chi connectivity index (χ0) is 19.0. The predicted octanol–water partition coefficient (Wildman–Crippen LogP) is 2.70. The van der Waals surface area contributed by atoms with E-state index < -0.39 is 11.7 Å². The van der Waals surface area contributed by atoms with E-state index in [9.17, 15) is 18.0 Å². The minimum Gasteiger partial charge on any atom is -0.368 e. The van der Waals surface area contributed by atoms with Crippen LogP contribution in [0.25, 0.3) is 0 Å². The van der Waals surface area contributed by atoms with E-state index in [2.05, 4.69) is 25.9 Å². The van der Waals surface area contributed by atoms with E-state index in [4.69, 9.17) is 0 Å². The van der Waals surface area contributed by atoms with Gasteiger partial charge in [-0.2, -0.15) is 18.2 Å². The number of benzene rings is 1. The van der Waals surface area contributed by atoms with Crippen LogP contribution >= 0.6 is 0 Å². The molecule has 26 heavy (non-hydrogen) atoms. The molecule has 0 saturated carbocycles. The number of hydrogen-bond donors (Lipinski definition) is 3. The molecule has 1 aromatic heterocycles. The Morgan fingerprint density at radius 3 is 2.46 bits per heavy atom. The summed E-state index contributed by atoms with van der Waals surface area (Å²) in [6.07, 6.45) is -3.13. The zero-order valence-corrected chi connectivity index (χ0v) is 14.2. The van der Waals surface area contributed by atoms with Crippen molar-refractivity contribution in [3.63, 3.8) is 0 Å². The van der Waals surface area contributed by atoms with Gasteiger partial charge in [0.05, 0.1) is 0 Å². The lowest BCUT2D eigenvalue weighted by atomic mass is 10.1. The first kappa shape index (κ1) is 19.5. The Balaban J connectivity index is 2.00. The van der Waals surface area contributed by atoms with Crippen LogP contribution in [0, 0.1) is 0 Å². The Labute approximate surface area is 149 Å². The summed E-state index contributed by atoms with van der Waals surface area (Å²) in [4.78, 5) is 18.5. The minimum absolute atomic E-state index is 0.107. The summed E-state index contributed by atoms with van der Waals surface area (Å²) >= 11 is 0. The van der Waals surface area contributed by atoms with Crippen molar-refractivity contribution in [2.24, 2.45) is 0 Å². The molecule has 0 spiro atoms. The summed E-state index contributed by atoms with van der Waals surface area (Å²) < 4.78 is 39.2. The van der Waals surface area contributed by atoms with Crippen LogP contribution in [0.4, 0.5) is 24.9 Å². The molecule has 0 aliphatic carbocycles. The van der Waals surface area contributed by atoms with Crippen molar-refractivity contribution >= 4 is 17.7 Å². The second-order valence-corrected chi connectivity index (χ2v) is 5.53. The first-order valence-electron chi connectivity index (χ1n) is 8.06. The molecule has 1 amide bonds. The van der Waals surface area contributed by atoms with E-state index in [-0.39, 0.29) is 30.8 Å². The first-order valence-corrected chi connectivity index (χ1v) is 8.06. The second kappa shape index (κ2) is 9.02. The molecule has 3 N–H and O–H groups in total. The first-order chi connectivity index (χ1) is 12.4. The predicted molar refractivity (Wildman–Crippen MR) is 92.8 cm³/mol. The van der Waals surface area contributed by atoms with Gasteiger partial charge < -0.3 is 16.0 Å². The van der Waals surface area contributed by atoms with Crippen LogP contribution in [0.2, 0.25) is 0 Å². The number of amides is 1. The van der Waals surface area contributed by atoms with Gasteiger partial charge in [0, 0.05) is 32.8 Å². The standard InChI is InChI=1S/C17H20F3N5O/c1-12(26)21-9-10-22-15-14(17(18,19)20)11-24-16(25-15)23-8-7-13-5-3-2-4-6-13/h2-6,11H,7-10H2,1H3,(H,21,26)(H2,22,23,24,25). The molecule has 6 nitrogen and oxygen atoms in total. The molecule has 0 saturated heterocycles. The highest BCUT2D eigenvalue weighted by molar-refractivity contribution is 5.72. The van der Waals surface area contributed by atoms with E-state index >= 15 is 0 Å². The molecular weight excluding hydrogens is 347 g/mol. The summed E-state index contributed by atoms with van der Waals surface area (Å²) in [5, 5.41) is 8.02. The number of rotatable bonds is 8. The third-order valence-electron chi connectivity index (χ3n) is 3.43.